The Kier molecular flexibility index (Phi) is 8.64. The minimum atomic E-state index is 0.711. The fraction of sp³-hybridized carbons (Fsp3) is 1.00. The van der Waals surface area contributed by atoms with Gasteiger partial charge in [-0.3, -0.25) is 0 Å². The number of hydrogen-bond donors (Lipinski definition) is 1. The first-order valence-corrected chi connectivity index (χ1v) is 7.34. The van der Waals surface area contributed by atoms with Gasteiger partial charge in [0.25, 0.3) is 0 Å². The molecule has 0 amide bonds. The first-order valence-electron chi connectivity index (χ1n) is 6.40. The Morgan fingerprint density at radius 3 is 1.93 bits per heavy atom. The Morgan fingerprint density at radius 1 is 1.00 bits per heavy atom. The van der Waals surface area contributed by atoms with Crippen LogP contribution in [-0.2, 0) is 0 Å². The van der Waals surface area contributed by atoms with Gasteiger partial charge in [-0.05, 0) is 18.8 Å². The highest BCUT2D eigenvalue weighted by Crippen LogP contribution is 2.23. The third-order valence-electron chi connectivity index (χ3n) is 3.07. The van der Waals surface area contributed by atoms with Crippen LogP contribution in [0.5, 0.6) is 0 Å². The summed E-state index contributed by atoms with van der Waals surface area (Å²) in [6, 6.07) is 0.711. The average molecular weight is 231 g/mol. The fourth-order valence-electron chi connectivity index (χ4n) is 1.48. The standard InChI is InChI=1S/C13H29NS/c1-7-13(8-2)14-9-11(5)15-12(6)10(3)4/h10-14H,7-9H2,1-6H3. The topological polar surface area (TPSA) is 12.0 Å². The molecule has 0 aromatic heterocycles. The van der Waals surface area contributed by atoms with Gasteiger partial charge in [0.15, 0.2) is 0 Å². The van der Waals surface area contributed by atoms with E-state index in [2.05, 4.69) is 58.6 Å². The molecule has 0 spiro atoms. The molecule has 0 aromatic carbocycles. The van der Waals surface area contributed by atoms with Gasteiger partial charge in [0, 0.05) is 23.1 Å². The highest BCUT2D eigenvalue weighted by Gasteiger charge is 2.13. The van der Waals surface area contributed by atoms with Crippen LogP contribution < -0.4 is 5.32 Å². The highest BCUT2D eigenvalue weighted by atomic mass is 32.2. The van der Waals surface area contributed by atoms with E-state index in [1.165, 1.54) is 12.8 Å². The van der Waals surface area contributed by atoms with Gasteiger partial charge in [-0.1, -0.05) is 41.5 Å². The van der Waals surface area contributed by atoms with E-state index in [9.17, 15) is 0 Å². The summed E-state index contributed by atoms with van der Waals surface area (Å²) in [4.78, 5) is 0. The van der Waals surface area contributed by atoms with Crippen molar-refractivity contribution in [2.75, 3.05) is 6.54 Å². The molecule has 2 atom stereocenters. The third-order valence-corrected chi connectivity index (χ3v) is 4.67. The van der Waals surface area contributed by atoms with E-state index in [4.69, 9.17) is 0 Å². The second-order valence-corrected chi connectivity index (χ2v) is 6.64. The van der Waals surface area contributed by atoms with Gasteiger partial charge < -0.3 is 5.32 Å². The molecular weight excluding hydrogens is 202 g/mol. The molecule has 1 nitrogen and oxygen atoms in total. The van der Waals surface area contributed by atoms with E-state index < -0.39 is 0 Å². The zero-order chi connectivity index (χ0) is 11.8. The van der Waals surface area contributed by atoms with Gasteiger partial charge in [0.2, 0.25) is 0 Å². The minimum absolute atomic E-state index is 0.711. The van der Waals surface area contributed by atoms with Crippen molar-refractivity contribution in [2.24, 2.45) is 5.92 Å². The Labute approximate surface area is 101 Å². The van der Waals surface area contributed by atoms with E-state index in [0.717, 1.165) is 23.0 Å². The predicted molar refractivity (Wildman–Crippen MR) is 73.7 cm³/mol. The molecule has 92 valence electrons. The van der Waals surface area contributed by atoms with Crippen LogP contribution in [0.3, 0.4) is 0 Å². The lowest BCUT2D eigenvalue weighted by atomic mass is 10.1. The first kappa shape index (κ1) is 15.3. The molecule has 2 heteroatoms. The van der Waals surface area contributed by atoms with Gasteiger partial charge in [0.1, 0.15) is 0 Å². The molecule has 0 bridgehead atoms. The van der Waals surface area contributed by atoms with E-state index >= 15 is 0 Å². The summed E-state index contributed by atoms with van der Waals surface area (Å²) in [6.07, 6.45) is 2.49. The molecule has 0 aliphatic rings. The summed E-state index contributed by atoms with van der Waals surface area (Å²) in [5.41, 5.74) is 0. The van der Waals surface area contributed by atoms with E-state index in [-0.39, 0.29) is 0 Å². The van der Waals surface area contributed by atoms with Crippen LogP contribution in [0, 0.1) is 5.92 Å². The Bertz CT molecular complexity index is 143. The van der Waals surface area contributed by atoms with Gasteiger partial charge in [0.05, 0.1) is 0 Å². The van der Waals surface area contributed by atoms with Crippen LogP contribution in [0.15, 0.2) is 0 Å². The summed E-state index contributed by atoms with van der Waals surface area (Å²) >= 11 is 2.11. The summed E-state index contributed by atoms with van der Waals surface area (Å²) in [7, 11) is 0. The Morgan fingerprint density at radius 2 is 1.53 bits per heavy atom. The van der Waals surface area contributed by atoms with Crippen LogP contribution in [-0.4, -0.2) is 23.1 Å². The second kappa shape index (κ2) is 8.46. The van der Waals surface area contributed by atoms with Crippen LogP contribution in [0.1, 0.15) is 54.4 Å². The maximum Gasteiger partial charge on any atom is 0.0147 e. The molecular formula is C13H29NS. The molecule has 2 unspecified atom stereocenters. The zero-order valence-electron chi connectivity index (χ0n) is 11.3. The SMILES string of the molecule is CCC(CC)NCC(C)SC(C)C(C)C. The average Bonchev–Trinajstić information content (AvgIpc) is 2.19. The zero-order valence-corrected chi connectivity index (χ0v) is 12.2. The number of rotatable bonds is 8. The molecule has 0 heterocycles. The fourth-order valence-corrected chi connectivity index (χ4v) is 2.72. The second-order valence-electron chi connectivity index (χ2n) is 4.82. The van der Waals surface area contributed by atoms with Crippen molar-refractivity contribution in [1.82, 2.24) is 5.32 Å². The number of hydrogen-bond acceptors (Lipinski definition) is 2. The lowest BCUT2D eigenvalue weighted by Crippen LogP contribution is -2.33. The highest BCUT2D eigenvalue weighted by molar-refractivity contribution is 8.00. The van der Waals surface area contributed by atoms with E-state index in [0.29, 0.717) is 6.04 Å². The predicted octanol–water partition coefficient (Wildman–Crippen LogP) is 3.93. The van der Waals surface area contributed by atoms with Crippen molar-refractivity contribution in [3.8, 4) is 0 Å². The van der Waals surface area contributed by atoms with Crippen molar-refractivity contribution in [1.29, 1.82) is 0 Å². The van der Waals surface area contributed by atoms with Crippen molar-refractivity contribution in [3.63, 3.8) is 0 Å². The van der Waals surface area contributed by atoms with E-state index in [1.807, 2.05) is 0 Å². The molecule has 0 radical (unpaired) electrons. The summed E-state index contributed by atoms with van der Waals surface area (Å²) in [5, 5.41) is 5.13. The van der Waals surface area contributed by atoms with Gasteiger partial charge >= 0.3 is 0 Å². The van der Waals surface area contributed by atoms with Gasteiger partial charge in [-0.25, -0.2) is 0 Å². The molecule has 15 heavy (non-hydrogen) atoms. The normalized spacial score (nSPS) is 16.0. The third kappa shape index (κ3) is 7.24. The van der Waals surface area contributed by atoms with Crippen LogP contribution in [0.25, 0.3) is 0 Å². The Hall–Kier alpha value is 0.310. The molecule has 0 rings (SSSR count). The van der Waals surface area contributed by atoms with Gasteiger partial charge in [-0.15, -0.1) is 0 Å². The molecule has 0 fully saturated rings. The summed E-state index contributed by atoms with van der Waals surface area (Å²) < 4.78 is 0. The maximum absolute atomic E-state index is 3.64. The summed E-state index contributed by atoms with van der Waals surface area (Å²) in [6.45, 7) is 14.9. The molecule has 0 saturated heterocycles. The molecule has 1 N–H and O–H groups in total. The quantitative estimate of drug-likeness (QED) is 0.679. The summed E-state index contributed by atoms with van der Waals surface area (Å²) in [5.74, 6) is 0.783. The minimum Gasteiger partial charge on any atom is -0.313 e. The largest absolute Gasteiger partial charge is 0.313 e. The van der Waals surface area contributed by atoms with Gasteiger partial charge in [-0.2, -0.15) is 11.8 Å². The van der Waals surface area contributed by atoms with Crippen LogP contribution in [0.4, 0.5) is 0 Å². The van der Waals surface area contributed by atoms with E-state index in [1.54, 1.807) is 0 Å². The monoisotopic (exact) mass is 231 g/mol. The van der Waals surface area contributed by atoms with Crippen LogP contribution >= 0.6 is 11.8 Å². The van der Waals surface area contributed by atoms with Crippen LogP contribution in [0.2, 0.25) is 0 Å². The molecule has 0 aromatic rings. The smallest absolute Gasteiger partial charge is 0.0147 e. The number of nitrogens with one attached hydrogen (secondary N) is 1. The Balaban J connectivity index is 3.69. The van der Waals surface area contributed by atoms with Crippen molar-refractivity contribution < 1.29 is 0 Å². The molecule has 0 aliphatic carbocycles. The van der Waals surface area contributed by atoms with Crippen molar-refractivity contribution in [2.45, 2.75) is 70.9 Å². The lowest BCUT2D eigenvalue weighted by Gasteiger charge is -2.22. The molecule has 0 aliphatic heterocycles. The van der Waals surface area contributed by atoms with Crippen molar-refractivity contribution in [3.05, 3.63) is 0 Å². The molecule has 0 saturated carbocycles. The first-order chi connectivity index (χ1) is 7.01. The van der Waals surface area contributed by atoms with Crippen molar-refractivity contribution >= 4 is 11.8 Å². The number of thioether (sulfide) groups is 1. The maximum atomic E-state index is 3.64. The lowest BCUT2D eigenvalue weighted by molar-refractivity contribution is 0.487.